The van der Waals surface area contributed by atoms with Gasteiger partial charge in [0.1, 0.15) is 11.5 Å². The van der Waals surface area contributed by atoms with Crippen LogP contribution in [-0.2, 0) is 16.0 Å². The molecule has 0 fully saturated rings. The predicted octanol–water partition coefficient (Wildman–Crippen LogP) is 0.487. The summed E-state index contributed by atoms with van der Waals surface area (Å²) in [5, 5.41) is 5.82. The van der Waals surface area contributed by atoms with Gasteiger partial charge in [-0.1, -0.05) is 23.3 Å². The second-order valence-corrected chi connectivity index (χ2v) is 3.79. The van der Waals surface area contributed by atoms with Crippen LogP contribution in [0.2, 0.25) is 0 Å². The third-order valence-electron chi connectivity index (χ3n) is 1.24. The molecular formula is C7H14N2O3S. The lowest BCUT2D eigenvalue weighted by molar-refractivity contribution is 0.153. The molecule has 0 spiro atoms. The van der Waals surface area contributed by atoms with Crippen molar-refractivity contribution < 1.29 is 14.2 Å². The van der Waals surface area contributed by atoms with Crippen LogP contribution in [0.25, 0.3) is 0 Å². The monoisotopic (exact) mass is 206 g/mol. The normalized spacial score (nSPS) is 13.7. The second-order valence-electron chi connectivity index (χ2n) is 2.36. The van der Waals surface area contributed by atoms with Crippen molar-refractivity contribution in [1.82, 2.24) is 5.32 Å². The number of carbonyl (C=O) groups excluding carboxylic acids is 1. The summed E-state index contributed by atoms with van der Waals surface area (Å²) in [4.78, 5) is 15.1. The topological polar surface area (TPSA) is 73.8 Å². The zero-order chi connectivity index (χ0) is 10.3. The molecule has 1 amide bonds. The summed E-state index contributed by atoms with van der Waals surface area (Å²) < 4.78 is 10.8. The van der Waals surface area contributed by atoms with E-state index in [9.17, 15) is 9.35 Å². The van der Waals surface area contributed by atoms with Gasteiger partial charge in [-0.3, -0.25) is 4.84 Å². The first-order valence-electron chi connectivity index (χ1n) is 3.84. The van der Waals surface area contributed by atoms with Crippen molar-refractivity contribution in [3.8, 4) is 0 Å². The maximum Gasteiger partial charge on any atom is 0.433 e. The molecule has 76 valence electrons. The van der Waals surface area contributed by atoms with E-state index in [1.807, 2.05) is 6.92 Å². The van der Waals surface area contributed by atoms with Gasteiger partial charge < -0.3 is 9.87 Å². The molecule has 0 aliphatic heterocycles. The highest BCUT2D eigenvalue weighted by Crippen LogP contribution is 1.93. The summed E-state index contributed by atoms with van der Waals surface area (Å²) in [5.74, 6) is 0.341. The number of nitrogens with one attached hydrogen (secondary N) is 1. The fourth-order valence-electron chi connectivity index (χ4n) is 0.579. The SMILES string of the molecule is CCC(C[S+](C)[O-])=NOC(=O)NC. The first kappa shape index (κ1) is 12.2. The van der Waals surface area contributed by atoms with Crippen molar-refractivity contribution in [2.75, 3.05) is 19.1 Å². The zero-order valence-corrected chi connectivity index (χ0v) is 8.81. The largest absolute Gasteiger partial charge is 0.616 e. The molecule has 0 aromatic rings. The van der Waals surface area contributed by atoms with Gasteiger partial charge in [-0.25, -0.2) is 4.79 Å². The van der Waals surface area contributed by atoms with Crippen molar-refractivity contribution in [1.29, 1.82) is 0 Å². The van der Waals surface area contributed by atoms with Crippen LogP contribution in [0.15, 0.2) is 5.16 Å². The van der Waals surface area contributed by atoms with Crippen molar-refractivity contribution in [2.45, 2.75) is 13.3 Å². The minimum Gasteiger partial charge on any atom is -0.616 e. The first-order chi connectivity index (χ1) is 6.10. The van der Waals surface area contributed by atoms with Crippen molar-refractivity contribution in [2.24, 2.45) is 5.16 Å². The number of amides is 1. The van der Waals surface area contributed by atoms with Gasteiger partial charge in [0, 0.05) is 7.05 Å². The number of nitrogens with zero attached hydrogens (tertiary/aromatic N) is 1. The highest BCUT2D eigenvalue weighted by Gasteiger charge is 2.06. The van der Waals surface area contributed by atoms with Crippen LogP contribution in [0.3, 0.4) is 0 Å². The fourth-order valence-corrected chi connectivity index (χ4v) is 1.31. The van der Waals surface area contributed by atoms with E-state index in [4.69, 9.17) is 0 Å². The fraction of sp³-hybridized carbons (Fsp3) is 0.714. The molecule has 0 aliphatic rings. The Morgan fingerprint density at radius 2 is 2.31 bits per heavy atom. The van der Waals surface area contributed by atoms with Crippen LogP contribution in [-0.4, -0.2) is 35.4 Å². The van der Waals surface area contributed by atoms with Gasteiger partial charge in [-0.05, 0) is 6.42 Å². The van der Waals surface area contributed by atoms with Crippen LogP contribution in [0, 0.1) is 0 Å². The molecule has 1 unspecified atom stereocenters. The van der Waals surface area contributed by atoms with Crippen LogP contribution >= 0.6 is 0 Å². The predicted molar refractivity (Wildman–Crippen MR) is 52.2 cm³/mol. The summed E-state index contributed by atoms with van der Waals surface area (Å²) in [7, 11) is 1.45. The molecule has 0 radical (unpaired) electrons. The molecule has 6 heteroatoms. The Labute approximate surface area is 80.7 Å². The number of hydrogen-bond donors (Lipinski definition) is 1. The van der Waals surface area contributed by atoms with E-state index < -0.39 is 17.3 Å². The summed E-state index contributed by atoms with van der Waals surface area (Å²) >= 11 is -0.955. The molecule has 0 rings (SSSR count). The average Bonchev–Trinajstić information content (AvgIpc) is 2.10. The summed E-state index contributed by atoms with van der Waals surface area (Å²) in [6, 6.07) is 0. The van der Waals surface area contributed by atoms with E-state index in [0.29, 0.717) is 17.9 Å². The van der Waals surface area contributed by atoms with Crippen LogP contribution in [0.1, 0.15) is 13.3 Å². The minimum absolute atomic E-state index is 0.341. The lowest BCUT2D eigenvalue weighted by atomic mass is 10.3. The lowest BCUT2D eigenvalue weighted by Gasteiger charge is -2.05. The third-order valence-corrected chi connectivity index (χ3v) is 1.98. The molecule has 0 aromatic heterocycles. The van der Waals surface area contributed by atoms with Gasteiger partial charge in [0.05, 0.1) is 6.26 Å². The van der Waals surface area contributed by atoms with Crippen molar-refractivity contribution in [3.63, 3.8) is 0 Å². The number of hydrogen-bond acceptors (Lipinski definition) is 4. The molecule has 1 N–H and O–H groups in total. The number of carbonyl (C=O) groups is 1. The van der Waals surface area contributed by atoms with E-state index in [0.717, 1.165) is 0 Å². The van der Waals surface area contributed by atoms with Crippen molar-refractivity contribution >= 4 is 23.0 Å². The quantitative estimate of drug-likeness (QED) is 0.315. The standard InChI is InChI=1S/C7H14N2O3S/c1-4-6(5-13(3)11)9-12-7(10)8-2/h4-5H2,1-3H3,(H,8,10). The molecular weight excluding hydrogens is 192 g/mol. The second kappa shape index (κ2) is 6.73. The van der Waals surface area contributed by atoms with E-state index in [2.05, 4.69) is 15.3 Å². The molecule has 1 atom stereocenters. The summed E-state index contributed by atoms with van der Waals surface area (Å²) in [5.41, 5.74) is 0.615. The van der Waals surface area contributed by atoms with E-state index in [-0.39, 0.29) is 0 Å². The lowest BCUT2D eigenvalue weighted by Crippen LogP contribution is -2.19. The van der Waals surface area contributed by atoms with E-state index >= 15 is 0 Å². The molecule has 0 bridgehead atoms. The van der Waals surface area contributed by atoms with E-state index in [1.165, 1.54) is 7.05 Å². The number of oxime groups is 1. The Balaban J connectivity index is 3.99. The minimum atomic E-state index is -0.955. The van der Waals surface area contributed by atoms with Gasteiger partial charge in [0.25, 0.3) is 0 Å². The Morgan fingerprint density at radius 1 is 1.69 bits per heavy atom. The Bertz CT molecular complexity index is 194. The summed E-state index contributed by atoms with van der Waals surface area (Å²) in [6.07, 6.45) is 1.58. The Hall–Kier alpha value is -0.750. The Morgan fingerprint density at radius 3 is 2.69 bits per heavy atom. The van der Waals surface area contributed by atoms with E-state index in [1.54, 1.807) is 6.26 Å². The van der Waals surface area contributed by atoms with Gasteiger partial charge in [-0.15, -0.1) is 0 Å². The number of rotatable bonds is 4. The zero-order valence-electron chi connectivity index (χ0n) is 7.99. The van der Waals surface area contributed by atoms with Gasteiger partial charge >= 0.3 is 6.09 Å². The van der Waals surface area contributed by atoms with Crippen LogP contribution in [0.5, 0.6) is 0 Å². The summed E-state index contributed by atoms with van der Waals surface area (Å²) in [6.45, 7) is 1.86. The van der Waals surface area contributed by atoms with Crippen LogP contribution < -0.4 is 5.32 Å². The maximum absolute atomic E-state index is 10.8. The third kappa shape index (κ3) is 6.41. The van der Waals surface area contributed by atoms with Gasteiger partial charge in [0.15, 0.2) is 0 Å². The molecule has 5 nitrogen and oxygen atoms in total. The molecule has 0 heterocycles. The first-order valence-corrected chi connectivity index (χ1v) is 5.57. The maximum atomic E-state index is 10.8. The van der Waals surface area contributed by atoms with Crippen molar-refractivity contribution in [3.05, 3.63) is 0 Å². The highest BCUT2D eigenvalue weighted by atomic mass is 32.2. The molecule has 0 saturated heterocycles. The van der Waals surface area contributed by atoms with Gasteiger partial charge in [-0.2, -0.15) is 0 Å². The highest BCUT2D eigenvalue weighted by molar-refractivity contribution is 7.91. The average molecular weight is 206 g/mol. The molecule has 0 saturated carbocycles. The molecule has 0 aromatic carbocycles. The van der Waals surface area contributed by atoms with Crippen LogP contribution in [0.4, 0.5) is 4.79 Å². The molecule has 0 aliphatic carbocycles. The van der Waals surface area contributed by atoms with Gasteiger partial charge in [0.2, 0.25) is 0 Å². The smallest absolute Gasteiger partial charge is 0.433 e. The molecule has 13 heavy (non-hydrogen) atoms. The Kier molecular flexibility index (Phi) is 6.34.